The first-order valence-electron chi connectivity index (χ1n) is 5.67. The van der Waals surface area contributed by atoms with Gasteiger partial charge >= 0.3 is 5.97 Å². The average Bonchev–Trinajstić information content (AvgIpc) is 2.56. The van der Waals surface area contributed by atoms with Crippen LogP contribution in [0.4, 0.5) is 5.69 Å². The molecule has 0 aromatic heterocycles. The Morgan fingerprint density at radius 3 is 2.78 bits per heavy atom. The number of methoxy groups -OCH3 is 1. The highest BCUT2D eigenvalue weighted by atomic mass is 16.5. The molecular formula is C13H13NO4. The smallest absolute Gasteiger partial charge is 0.379 e. The lowest BCUT2D eigenvalue weighted by Crippen LogP contribution is -2.16. The van der Waals surface area contributed by atoms with Crippen LogP contribution in [-0.2, 0) is 20.7 Å². The van der Waals surface area contributed by atoms with Crippen molar-refractivity contribution in [2.45, 2.75) is 19.3 Å². The normalized spacial score (nSPS) is 14.2. The molecule has 94 valence electrons. The SMILES string of the molecule is COC(=O)C(=O)c1ccc2c(c1)CCCC(=O)N2. The Labute approximate surface area is 104 Å². The molecule has 1 N–H and O–H groups in total. The molecule has 1 aromatic rings. The first-order chi connectivity index (χ1) is 8.61. The van der Waals surface area contributed by atoms with Crippen LogP contribution in [0.15, 0.2) is 18.2 Å². The minimum Gasteiger partial charge on any atom is -0.463 e. The molecule has 1 aliphatic rings. The third-order valence-electron chi connectivity index (χ3n) is 2.86. The minimum atomic E-state index is -0.882. The molecular weight excluding hydrogens is 234 g/mol. The van der Waals surface area contributed by atoms with E-state index in [9.17, 15) is 14.4 Å². The zero-order chi connectivity index (χ0) is 13.1. The van der Waals surface area contributed by atoms with E-state index in [2.05, 4.69) is 10.1 Å². The number of amides is 1. The lowest BCUT2D eigenvalue weighted by molar-refractivity contribution is -0.135. The quantitative estimate of drug-likeness (QED) is 0.486. The summed E-state index contributed by atoms with van der Waals surface area (Å²) in [4.78, 5) is 34.2. The second-order valence-electron chi connectivity index (χ2n) is 4.09. The number of fused-ring (bicyclic) bond motifs is 1. The fourth-order valence-corrected chi connectivity index (χ4v) is 1.93. The van der Waals surface area contributed by atoms with Crippen molar-refractivity contribution in [3.63, 3.8) is 0 Å². The summed E-state index contributed by atoms with van der Waals surface area (Å²) in [5, 5.41) is 2.77. The fraction of sp³-hybridized carbons (Fsp3) is 0.308. The van der Waals surface area contributed by atoms with Crippen LogP contribution in [0, 0.1) is 0 Å². The summed E-state index contributed by atoms with van der Waals surface area (Å²) in [6.07, 6.45) is 1.90. The molecule has 1 heterocycles. The standard InChI is InChI=1S/C13H13NO4/c1-18-13(17)12(16)9-5-6-10-8(7-9)3-2-4-11(15)14-10/h5-7H,2-4H2,1H3,(H,14,15). The molecule has 1 aromatic carbocycles. The number of anilines is 1. The van der Waals surface area contributed by atoms with Gasteiger partial charge in [0.05, 0.1) is 7.11 Å². The number of benzene rings is 1. The van der Waals surface area contributed by atoms with Crippen LogP contribution in [0.25, 0.3) is 0 Å². The van der Waals surface area contributed by atoms with E-state index in [1.165, 1.54) is 13.2 Å². The summed E-state index contributed by atoms with van der Waals surface area (Å²) in [6, 6.07) is 4.80. The molecule has 1 aliphatic heterocycles. The molecule has 0 aliphatic carbocycles. The van der Waals surface area contributed by atoms with Crippen molar-refractivity contribution in [1.82, 2.24) is 0 Å². The van der Waals surface area contributed by atoms with Crippen LogP contribution < -0.4 is 5.32 Å². The van der Waals surface area contributed by atoms with Gasteiger partial charge in [0.25, 0.3) is 5.78 Å². The molecule has 1 amide bonds. The number of ketones is 1. The first kappa shape index (κ1) is 12.3. The highest BCUT2D eigenvalue weighted by molar-refractivity contribution is 6.40. The summed E-state index contributed by atoms with van der Waals surface area (Å²) in [5.41, 5.74) is 1.87. The largest absolute Gasteiger partial charge is 0.463 e. The molecule has 0 unspecified atom stereocenters. The van der Waals surface area contributed by atoms with E-state index in [-0.39, 0.29) is 11.5 Å². The predicted molar refractivity (Wildman–Crippen MR) is 64.4 cm³/mol. The number of carbonyl (C=O) groups excluding carboxylic acids is 3. The topological polar surface area (TPSA) is 72.5 Å². The van der Waals surface area contributed by atoms with E-state index < -0.39 is 11.8 Å². The summed E-state index contributed by atoms with van der Waals surface area (Å²) in [6.45, 7) is 0. The summed E-state index contributed by atoms with van der Waals surface area (Å²) in [5.74, 6) is -1.58. The molecule has 5 heteroatoms. The van der Waals surface area contributed by atoms with Crippen molar-refractivity contribution in [2.24, 2.45) is 0 Å². The monoisotopic (exact) mass is 247 g/mol. The highest BCUT2D eigenvalue weighted by Gasteiger charge is 2.19. The number of ether oxygens (including phenoxy) is 1. The zero-order valence-corrected chi connectivity index (χ0v) is 9.99. The first-order valence-corrected chi connectivity index (χ1v) is 5.67. The lowest BCUT2D eigenvalue weighted by atomic mass is 10.0. The van der Waals surface area contributed by atoms with Gasteiger partial charge in [0.1, 0.15) is 0 Å². The van der Waals surface area contributed by atoms with Crippen LogP contribution in [0.1, 0.15) is 28.8 Å². The maximum Gasteiger partial charge on any atom is 0.379 e. The van der Waals surface area contributed by atoms with E-state index >= 15 is 0 Å². The Kier molecular flexibility index (Phi) is 3.41. The van der Waals surface area contributed by atoms with Gasteiger partial charge in [-0.2, -0.15) is 0 Å². The molecule has 0 fully saturated rings. The Hall–Kier alpha value is -2.17. The van der Waals surface area contributed by atoms with Gasteiger partial charge in [-0.05, 0) is 36.6 Å². The van der Waals surface area contributed by atoms with Crippen LogP contribution in [0.5, 0.6) is 0 Å². The van der Waals surface area contributed by atoms with Gasteiger partial charge in [-0.15, -0.1) is 0 Å². The van der Waals surface area contributed by atoms with Crippen molar-refractivity contribution < 1.29 is 19.1 Å². The molecule has 0 saturated carbocycles. The summed E-state index contributed by atoms with van der Waals surface area (Å²) < 4.78 is 4.39. The Morgan fingerprint density at radius 1 is 1.28 bits per heavy atom. The van der Waals surface area contributed by atoms with Crippen molar-refractivity contribution in [3.05, 3.63) is 29.3 Å². The number of carbonyl (C=O) groups is 3. The van der Waals surface area contributed by atoms with Gasteiger partial charge in [0.2, 0.25) is 5.91 Å². The van der Waals surface area contributed by atoms with Crippen LogP contribution in [0.2, 0.25) is 0 Å². The predicted octanol–water partition coefficient (Wildman–Crippen LogP) is 1.32. The zero-order valence-electron chi connectivity index (χ0n) is 9.99. The van der Waals surface area contributed by atoms with Gasteiger partial charge in [-0.3, -0.25) is 9.59 Å². The van der Waals surface area contributed by atoms with E-state index in [0.717, 1.165) is 12.0 Å². The molecule has 0 bridgehead atoms. The fourth-order valence-electron chi connectivity index (χ4n) is 1.93. The van der Waals surface area contributed by atoms with E-state index in [0.29, 0.717) is 18.5 Å². The summed E-state index contributed by atoms with van der Waals surface area (Å²) in [7, 11) is 1.17. The number of hydrogen-bond acceptors (Lipinski definition) is 4. The number of rotatable bonds is 2. The van der Waals surface area contributed by atoms with Gasteiger partial charge in [-0.25, -0.2) is 4.79 Å². The Morgan fingerprint density at radius 2 is 2.06 bits per heavy atom. The minimum absolute atomic E-state index is 0.0270. The molecule has 0 saturated heterocycles. The number of esters is 1. The van der Waals surface area contributed by atoms with Gasteiger partial charge in [0.15, 0.2) is 0 Å². The van der Waals surface area contributed by atoms with Crippen LogP contribution in [0.3, 0.4) is 0 Å². The van der Waals surface area contributed by atoms with E-state index in [1.807, 2.05) is 0 Å². The maximum absolute atomic E-state index is 11.6. The van der Waals surface area contributed by atoms with E-state index in [1.54, 1.807) is 12.1 Å². The average molecular weight is 247 g/mol. The lowest BCUT2D eigenvalue weighted by Gasteiger charge is -2.08. The van der Waals surface area contributed by atoms with Crippen molar-refractivity contribution in [1.29, 1.82) is 0 Å². The van der Waals surface area contributed by atoms with E-state index in [4.69, 9.17) is 0 Å². The molecule has 0 atom stereocenters. The second-order valence-corrected chi connectivity index (χ2v) is 4.09. The molecule has 18 heavy (non-hydrogen) atoms. The third-order valence-corrected chi connectivity index (χ3v) is 2.86. The summed E-state index contributed by atoms with van der Waals surface area (Å²) >= 11 is 0. The number of Topliss-reactive ketones (excluding diaryl/α,β-unsaturated/α-hetero) is 1. The Balaban J connectivity index is 2.32. The Bertz CT molecular complexity index is 522. The van der Waals surface area contributed by atoms with Crippen molar-refractivity contribution in [2.75, 3.05) is 12.4 Å². The van der Waals surface area contributed by atoms with Crippen LogP contribution in [-0.4, -0.2) is 24.8 Å². The highest BCUT2D eigenvalue weighted by Crippen LogP contribution is 2.23. The third kappa shape index (κ3) is 2.40. The number of aryl methyl sites for hydroxylation is 1. The number of nitrogens with one attached hydrogen (secondary N) is 1. The molecule has 5 nitrogen and oxygen atoms in total. The van der Waals surface area contributed by atoms with Gasteiger partial charge in [0, 0.05) is 17.7 Å². The van der Waals surface area contributed by atoms with Gasteiger partial charge < -0.3 is 10.1 Å². The molecule has 2 rings (SSSR count). The molecule has 0 spiro atoms. The van der Waals surface area contributed by atoms with Crippen LogP contribution >= 0.6 is 0 Å². The number of hydrogen-bond donors (Lipinski definition) is 1. The van der Waals surface area contributed by atoms with Crippen molar-refractivity contribution >= 4 is 23.3 Å². The second kappa shape index (κ2) is 5.00. The maximum atomic E-state index is 11.6. The molecule has 0 radical (unpaired) electrons. The van der Waals surface area contributed by atoms with Gasteiger partial charge in [-0.1, -0.05) is 0 Å². The van der Waals surface area contributed by atoms with Crippen molar-refractivity contribution in [3.8, 4) is 0 Å².